The first-order valence-corrected chi connectivity index (χ1v) is 8.13. The van der Waals surface area contributed by atoms with Gasteiger partial charge in [0, 0.05) is 5.39 Å². The van der Waals surface area contributed by atoms with E-state index in [0.29, 0.717) is 11.4 Å². The summed E-state index contributed by atoms with van der Waals surface area (Å²) >= 11 is 0. The molecule has 0 saturated heterocycles. The van der Waals surface area contributed by atoms with Crippen molar-refractivity contribution in [1.82, 2.24) is 0 Å². The fourth-order valence-electron chi connectivity index (χ4n) is 2.45. The van der Waals surface area contributed by atoms with Crippen molar-refractivity contribution < 1.29 is 9.59 Å². The quantitative estimate of drug-likeness (QED) is 0.203. The van der Waals surface area contributed by atoms with Gasteiger partial charge >= 0.3 is 0 Å². The highest BCUT2D eigenvalue weighted by Gasteiger charge is 1.98. The Morgan fingerprint density at radius 2 is 0.929 bits per heavy atom. The first-order valence-electron chi connectivity index (χ1n) is 8.13. The molecule has 0 unspecified atom stereocenters. The van der Waals surface area contributed by atoms with Gasteiger partial charge in [0.2, 0.25) is 12.2 Å². The maximum Gasteiger partial charge on any atom is 0.231 e. The van der Waals surface area contributed by atoms with Gasteiger partial charge in [0.25, 0.3) is 0 Å². The second-order valence-electron chi connectivity index (χ2n) is 5.34. The van der Waals surface area contributed by atoms with Crippen molar-refractivity contribution in [2.24, 2.45) is 0 Å². The third-order valence-electron chi connectivity index (χ3n) is 3.66. The van der Waals surface area contributed by atoms with E-state index in [1.54, 1.807) is 0 Å². The SMILES string of the molecule is N=C=O.N=C=O.Nc1ccc2ccccc2c1N.c1ccc2ccccc2c1. The molecule has 6 heteroatoms. The molecule has 0 aliphatic rings. The van der Waals surface area contributed by atoms with Crippen LogP contribution in [-0.4, -0.2) is 12.2 Å². The zero-order valence-electron chi connectivity index (χ0n) is 15.1. The Kier molecular flexibility index (Phi) is 9.47. The topological polar surface area (TPSA) is 134 Å². The Bertz CT molecular complexity index is 1020. The molecular weight excluding hydrogens is 352 g/mol. The fraction of sp³-hybridized carbons (Fsp3) is 0. The number of carbonyl (C=O) groups excluding carboxylic acids is 2. The zero-order chi connectivity index (χ0) is 20.8. The van der Waals surface area contributed by atoms with Gasteiger partial charge in [-0.3, -0.25) is 0 Å². The highest BCUT2D eigenvalue weighted by atomic mass is 16.1. The van der Waals surface area contributed by atoms with Crippen LogP contribution < -0.4 is 11.5 Å². The van der Waals surface area contributed by atoms with Crippen molar-refractivity contribution >= 4 is 45.1 Å². The van der Waals surface area contributed by atoms with Crippen LogP contribution in [0, 0.1) is 10.8 Å². The van der Waals surface area contributed by atoms with Crippen molar-refractivity contribution in [2.45, 2.75) is 0 Å². The van der Waals surface area contributed by atoms with Crippen molar-refractivity contribution in [1.29, 1.82) is 10.8 Å². The second kappa shape index (κ2) is 12.2. The molecule has 140 valence electrons. The van der Waals surface area contributed by atoms with Crippen LogP contribution in [0.4, 0.5) is 11.4 Å². The summed E-state index contributed by atoms with van der Waals surface area (Å²) in [4.78, 5) is 16.7. The number of hydrogen-bond acceptors (Lipinski definition) is 6. The van der Waals surface area contributed by atoms with E-state index < -0.39 is 0 Å². The van der Waals surface area contributed by atoms with Crippen LogP contribution in [0.2, 0.25) is 0 Å². The normalized spacial score (nSPS) is 8.57. The van der Waals surface area contributed by atoms with Crippen molar-refractivity contribution in [3.8, 4) is 0 Å². The molecule has 0 aliphatic heterocycles. The van der Waals surface area contributed by atoms with E-state index in [9.17, 15) is 0 Å². The molecule has 0 aromatic heterocycles. The molecule has 6 nitrogen and oxygen atoms in total. The highest BCUT2D eigenvalue weighted by molar-refractivity contribution is 5.98. The molecule has 4 aromatic carbocycles. The van der Waals surface area contributed by atoms with Gasteiger partial charge in [-0.05, 0) is 22.2 Å². The molecule has 0 atom stereocenters. The lowest BCUT2D eigenvalue weighted by molar-refractivity contribution is 0.562. The molecule has 6 N–H and O–H groups in total. The van der Waals surface area contributed by atoms with E-state index in [-0.39, 0.29) is 0 Å². The third kappa shape index (κ3) is 6.58. The Morgan fingerprint density at radius 1 is 0.571 bits per heavy atom. The summed E-state index contributed by atoms with van der Waals surface area (Å²) in [5.41, 5.74) is 12.8. The summed E-state index contributed by atoms with van der Waals surface area (Å²) in [5.74, 6) is 0. The van der Waals surface area contributed by atoms with Crippen molar-refractivity contribution in [2.75, 3.05) is 11.5 Å². The number of nitrogens with two attached hydrogens (primary N) is 2. The predicted octanol–water partition coefficient (Wildman–Crippen LogP) is 4.65. The van der Waals surface area contributed by atoms with Crippen LogP contribution in [0.5, 0.6) is 0 Å². The van der Waals surface area contributed by atoms with Gasteiger partial charge in [-0.2, -0.15) is 0 Å². The van der Waals surface area contributed by atoms with Crippen LogP contribution in [0.3, 0.4) is 0 Å². The van der Waals surface area contributed by atoms with Crippen LogP contribution in [0.1, 0.15) is 0 Å². The monoisotopic (exact) mass is 372 g/mol. The standard InChI is InChI=1S/C10H10N2.C10H8.2CHNO/c11-9-6-5-7-3-1-2-4-8(7)10(9)12;1-2-6-10-8-4-3-7-9(10)5-1;2*2-1-3/h1-6H,11-12H2;1-8H;2*2H. The Hall–Kier alpha value is -4.24. The Balaban J connectivity index is 0.000000222. The number of rotatable bonds is 0. The van der Waals surface area contributed by atoms with E-state index in [1.807, 2.05) is 36.4 Å². The van der Waals surface area contributed by atoms with Crippen LogP contribution >= 0.6 is 0 Å². The van der Waals surface area contributed by atoms with Crippen LogP contribution in [0.25, 0.3) is 21.5 Å². The highest BCUT2D eigenvalue weighted by Crippen LogP contribution is 2.25. The molecule has 4 aromatic rings. The van der Waals surface area contributed by atoms with E-state index in [1.165, 1.54) is 10.8 Å². The van der Waals surface area contributed by atoms with Crippen LogP contribution in [-0.2, 0) is 9.59 Å². The van der Waals surface area contributed by atoms with Gasteiger partial charge in [0.05, 0.1) is 11.4 Å². The molecule has 0 radical (unpaired) electrons. The molecule has 0 saturated carbocycles. The zero-order valence-corrected chi connectivity index (χ0v) is 15.1. The summed E-state index contributed by atoms with van der Waals surface area (Å²) < 4.78 is 0. The first-order chi connectivity index (χ1) is 13.6. The number of hydrogen-bond donors (Lipinski definition) is 4. The van der Waals surface area contributed by atoms with Crippen molar-refractivity contribution in [3.63, 3.8) is 0 Å². The van der Waals surface area contributed by atoms with E-state index in [2.05, 4.69) is 48.5 Å². The molecule has 0 amide bonds. The van der Waals surface area contributed by atoms with Gasteiger partial charge in [-0.25, -0.2) is 20.4 Å². The van der Waals surface area contributed by atoms with Gasteiger partial charge in [0.1, 0.15) is 0 Å². The largest absolute Gasteiger partial charge is 0.397 e. The summed E-state index contributed by atoms with van der Waals surface area (Å²) in [6.45, 7) is 0. The average Bonchev–Trinajstić information content (AvgIpc) is 2.73. The molecule has 0 fully saturated rings. The fourth-order valence-corrected chi connectivity index (χ4v) is 2.45. The average molecular weight is 372 g/mol. The minimum atomic E-state index is 0.647. The lowest BCUT2D eigenvalue weighted by Gasteiger charge is -2.03. The molecule has 0 spiro atoms. The van der Waals surface area contributed by atoms with Gasteiger partial charge in [0.15, 0.2) is 0 Å². The number of benzene rings is 4. The smallest absolute Gasteiger partial charge is 0.231 e. The number of nitrogens with one attached hydrogen (secondary N) is 2. The number of fused-ring (bicyclic) bond motifs is 2. The Morgan fingerprint density at radius 3 is 1.36 bits per heavy atom. The molecule has 28 heavy (non-hydrogen) atoms. The Labute approximate surface area is 162 Å². The summed E-state index contributed by atoms with van der Waals surface area (Å²) in [6.07, 6.45) is 1.50. The third-order valence-corrected chi connectivity index (χ3v) is 3.66. The minimum absolute atomic E-state index is 0.647. The van der Waals surface area contributed by atoms with Gasteiger partial charge < -0.3 is 11.5 Å². The molecule has 0 aliphatic carbocycles. The number of isocyanates is 2. The maximum absolute atomic E-state index is 8.35. The van der Waals surface area contributed by atoms with E-state index in [0.717, 1.165) is 22.9 Å². The maximum atomic E-state index is 8.35. The summed E-state index contributed by atoms with van der Waals surface area (Å²) in [5, 5.41) is 15.6. The van der Waals surface area contributed by atoms with E-state index >= 15 is 0 Å². The lowest BCUT2D eigenvalue weighted by atomic mass is 10.1. The van der Waals surface area contributed by atoms with E-state index in [4.69, 9.17) is 31.9 Å². The lowest BCUT2D eigenvalue weighted by Crippen LogP contribution is -1.94. The summed E-state index contributed by atoms with van der Waals surface area (Å²) in [7, 11) is 0. The molecule has 0 bridgehead atoms. The second-order valence-corrected chi connectivity index (χ2v) is 5.34. The number of anilines is 2. The van der Waals surface area contributed by atoms with Gasteiger partial charge in [-0.15, -0.1) is 0 Å². The summed E-state index contributed by atoms with van der Waals surface area (Å²) in [6, 6.07) is 28.5. The van der Waals surface area contributed by atoms with Crippen molar-refractivity contribution in [3.05, 3.63) is 84.9 Å². The van der Waals surface area contributed by atoms with Crippen LogP contribution in [0.15, 0.2) is 84.9 Å². The van der Waals surface area contributed by atoms with Gasteiger partial charge in [-0.1, -0.05) is 78.9 Å². The molecule has 0 heterocycles. The minimum Gasteiger partial charge on any atom is -0.397 e. The molecule has 4 rings (SSSR count). The predicted molar refractivity (Wildman–Crippen MR) is 114 cm³/mol. The first kappa shape index (κ1) is 21.8. The number of nitrogen functional groups attached to an aromatic ring is 2. The molecular formula is C22H20N4O2.